The van der Waals surface area contributed by atoms with E-state index < -0.39 is 28.6 Å². The zero-order valence-corrected chi connectivity index (χ0v) is 16.4. The van der Waals surface area contributed by atoms with E-state index in [1.807, 2.05) is 0 Å². The molecule has 0 aliphatic heterocycles. The largest absolute Gasteiger partial charge is 0.334 e. The van der Waals surface area contributed by atoms with E-state index in [9.17, 15) is 4.39 Å². The number of hydrogen-bond acceptors (Lipinski definition) is 5. The summed E-state index contributed by atoms with van der Waals surface area (Å²) in [4.78, 5) is 0. The van der Waals surface area contributed by atoms with E-state index >= 15 is 8.78 Å². The van der Waals surface area contributed by atoms with Crippen molar-refractivity contribution in [2.75, 3.05) is 0 Å². The highest BCUT2D eigenvalue weighted by atomic mass is 19.3. The molecule has 0 atom stereocenters. The standard InChI is InChI=1S/C20H17F3N8/c1-29-9-11-6-14(15(21)7-17(11)27-29)20(22,23)19(25)31-18(24)5-4-16(28-31)12-8-26-30(10-12)13-2-3-13/h4-10,13,24-25H,2-3H2,1H3. The number of alkyl halides is 2. The highest BCUT2D eigenvalue weighted by Crippen LogP contribution is 2.35. The maximum atomic E-state index is 15.2. The lowest BCUT2D eigenvalue weighted by molar-refractivity contribution is 0.0656. The number of nitrogens with one attached hydrogen (secondary N) is 2. The van der Waals surface area contributed by atoms with Gasteiger partial charge < -0.3 is 0 Å². The van der Waals surface area contributed by atoms with Crippen LogP contribution in [0.2, 0.25) is 0 Å². The fourth-order valence-electron chi connectivity index (χ4n) is 3.43. The predicted octanol–water partition coefficient (Wildman–Crippen LogP) is 3.20. The number of rotatable bonds is 4. The van der Waals surface area contributed by atoms with E-state index in [2.05, 4.69) is 15.3 Å². The molecule has 1 aliphatic carbocycles. The van der Waals surface area contributed by atoms with Crippen molar-refractivity contribution >= 4 is 16.7 Å². The van der Waals surface area contributed by atoms with Crippen molar-refractivity contribution in [3.05, 3.63) is 59.7 Å². The van der Waals surface area contributed by atoms with Crippen LogP contribution in [0.15, 0.2) is 42.9 Å². The van der Waals surface area contributed by atoms with Gasteiger partial charge >= 0.3 is 5.92 Å². The van der Waals surface area contributed by atoms with Gasteiger partial charge in [0.15, 0.2) is 5.84 Å². The minimum absolute atomic E-state index is 0.229. The van der Waals surface area contributed by atoms with Gasteiger partial charge in [-0.3, -0.25) is 20.2 Å². The lowest BCUT2D eigenvalue weighted by Crippen LogP contribution is -2.40. The molecule has 1 fully saturated rings. The normalized spacial score (nSPS) is 14.3. The van der Waals surface area contributed by atoms with Gasteiger partial charge in [0.2, 0.25) is 0 Å². The van der Waals surface area contributed by atoms with Gasteiger partial charge in [0.1, 0.15) is 11.3 Å². The second kappa shape index (κ2) is 6.62. The third-order valence-corrected chi connectivity index (χ3v) is 5.21. The fourth-order valence-corrected chi connectivity index (χ4v) is 3.43. The molecule has 8 nitrogen and oxygen atoms in total. The average molecular weight is 426 g/mol. The molecule has 158 valence electrons. The van der Waals surface area contributed by atoms with Crippen molar-refractivity contribution < 1.29 is 13.2 Å². The Morgan fingerprint density at radius 2 is 1.94 bits per heavy atom. The molecule has 0 spiro atoms. The summed E-state index contributed by atoms with van der Waals surface area (Å²) in [7, 11) is 1.60. The van der Waals surface area contributed by atoms with Crippen LogP contribution in [-0.4, -0.2) is 35.2 Å². The van der Waals surface area contributed by atoms with Crippen LogP contribution >= 0.6 is 0 Å². The first kappa shape index (κ1) is 19.2. The number of hydrogen-bond donors (Lipinski definition) is 2. The summed E-state index contributed by atoms with van der Waals surface area (Å²) < 4.78 is 48.6. The predicted molar refractivity (Wildman–Crippen MR) is 105 cm³/mol. The number of benzene rings is 1. The molecule has 3 aromatic heterocycles. The van der Waals surface area contributed by atoms with E-state index in [-0.39, 0.29) is 11.2 Å². The van der Waals surface area contributed by atoms with Crippen LogP contribution in [-0.2, 0) is 13.0 Å². The van der Waals surface area contributed by atoms with Crippen molar-refractivity contribution in [3.8, 4) is 11.3 Å². The molecule has 0 bridgehead atoms. The molecule has 31 heavy (non-hydrogen) atoms. The molecule has 3 heterocycles. The summed E-state index contributed by atoms with van der Waals surface area (Å²) in [6, 6.07) is 4.99. The Kier molecular flexibility index (Phi) is 4.11. The number of halogens is 3. The summed E-state index contributed by atoms with van der Waals surface area (Å²) in [5.41, 5.74) is -0.302. The summed E-state index contributed by atoms with van der Waals surface area (Å²) in [6.45, 7) is 0. The smallest absolute Gasteiger partial charge is 0.283 e. The monoisotopic (exact) mass is 426 g/mol. The van der Waals surface area contributed by atoms with Crippen molar-refractivity contribution in [3.63, 3.8) is 0 Å². The topological polar surface area (TPSA) is 101 Å². The minimum Gasteiger partial charge on any atom is -0.283 e. The summed E-state index contributed by atoms with van der Waals surface area (Å²) >= 11 is 0. The fraction of sp³-hybridized carbons (Fsp3) is 0.250. The lowest BCUT2D eigenvalue weighted by Gasteiger charge is -2.19. The Morgan fingerprint density at radius 1 is 1.16 bits per heavy atom. The van der Waals surface area contributed by atoms with Gasteiger partial charge in [-0.05, 0) is 31.0 Å². The summed E-state index contributed by atoms with van der Waals surface area (Å²) in [6.07, 6.45) is 6.86. The van der Waals surface area contributed by atoms with Crippen LogP contribution in [0.4, 0.5) is 13.2 Å². The molecular weight excluding hydrogens is 409 g/mol. The molecule has 0 amide bonds. The third-order valence-electron chi connectivity index (χ3n) is 5.21. The van der Waals surface area contributed by atoms with Crippen molar-refractivity contribution in [2.24, 2.45) is 7.05 Å². The number of aryl methyl sites for hydroxylation is 1. The Hall–Kier alpha value is -3.76. The van der Waals surface area contributed by atoms with Crippen LogP contribution in [0.1, 0.15) is 24.4 Å². The van der Waals surface area contributed by atoms with Gasteiger partial charge in [0.05, 0.1) is 29.0 Å². The second-order valence-electron chi connectivity index (χ2n) is 7.57. The molecule has 1 saturated carbocycles. The first-order valence-electron chi connectivity index (χ1n) is 9.54. The lowest BCUT2D eigenvalue weighted by atomic mass is 10.0. The summed E-state index contributed by atoms with van der Waals surface area (Å²) in [5, 5.41) is 28.7. The van der Waals surface area contributed by atoms with Crippen molar-refractivity contribution in [2.45, 2.75) is 24.8 Å². The van der Waals surface area contributed by atoms with E-state index in [0.29, 0.717) is 21.7 Å². The maximum absolute atomic E-state index is 15.2. The van der Waals surface area contributed by atoms with Gasteiger partial charge in [0.25, 0.3) is 0 Å². The Balaban J connectivity index is 1.55. The number of fused-ring (bicyclic) bond motifs is 1. The van der Waals surface area contributed by atoms with Gasteiger partial charge in [0, 0.05) is 36.5 Å². The molecule has 0 saturated heterocycles. The molecule has 0 unspecified atom stereocenters. The second-order valence-corrected chi connectivity index (χ2v) is 7.57. The first-order chi connectivity index (χ1) is 14.7. The van der Waals surface area contributed by atoms with E-state index in [1.54, 1.807) is 24.1 Å². The van der Waals surface area contributed by atoms with Gasteiger partial charge in [-0.1, -0.05) is 0 Å². The molecule has 0 radical (unpaired) electrons. The zero-order valence-electron chi connectivity index (χ0n) is 16.4. The molecule has 4 aromatic rings. The van der Waals surface area contributed by atoms with Gasteiger partial charge in [-0.15, -0.1) is 0 Å². The molecule has 11 heteroatoms. The maximum Gasteiger partial charge on any atom is 0.334 e. The zero-order chi connectivity index (χ0) is 21.9. The van der Waals surface area contributed by atoms with Crippen LogP contribution in [0.3, 0.4) is 0 Å². The van der Waals surface area contributed by atoms with Crippen LogP contribution in [0.25, 0.3) is 22.2 Å². The first-order valence-corrected chi connectivity index (χ1v) is 9.54. The Bertz CT molecular complexity index is 1390. The van der Waals surface area contributed by atoms with Crippen LogP contribution < -0.4 is 5.49 Å². The molecule has 1 aliphatic rings. The van der Waals surface area contributed by atoms with Crippen molar-refractivity contribution in [1.29, 1.82) is 10.8 Å². The van der Waals surface area contributed by atoms with Gasteiger partial charge in [-0.2, -0.15) is 28.8 Å². The molecular formula is C20H17F3N8. The third kappa shape index (κ3) is 3.22. The van der Waals surface area contributed by atoms with Crippen LogP contribution in [0, 0.1) is 16.6 Å². The molecule has 1 aromatic carbocycles. The summed E-state index contributed by atoms with van der Waals surface area (Å²) in [5.74, 6) is -6.54. The molecule has 2 N–H and O–H groups in total. The highest BCUT2D eigenvalue weighted by molar-refractivity contribution is 5.90. The van der Waals surface area contributed by atoms with E-state index in [4.69, 9.17) is 10.8 Å². The Morgan fingerprint density at radius 3 is 2.68 bits per heavy atom. The van der Waals surface area contributed by atoms with E-state index in [0.717, 1.165) is 25.0 Å². The van der Waals surface area contributed by atoms with Crippen molar-refractivity contribution in [1.82, 2.24) is 29.3 Å². The highest BCUT2D eigenvalue weighted by Gasteiger charge is 2.42. The van der Waals surface area contributed by atoms with Crippen LogP contribution in [0.5, 0.6) is 0 Å². The SMILES string of the molecule is Cn1cc2cc(C(F)(F)C(=N)n3nc(-c4cnn(C5CC5)c4)ccc3=N)c(F)cc2n1. The number of nitrogens with zero attached hydrogens (tertiary/aromatic N) is 6. The number of aromatic nitrogens is 6. The Labute approximate surface area is 173 Å². The average Bonchev–Trinajstić information content (AvgIpc) is 3.34. The molecule has 5 rings (SSSR count). The minimum atomic E-state index is -4.03. The quantitative estimate of drug-likeness (QED) is 0.387. The van der Waals surface area contributed by atoms with Gasteiger partial charge in [-0.25, -0.2) is 4.39 Å². The van der Waals surface area contributed by atoms with E-state index in [1.165, 1.54) is 23.0 Å².